The SMILES string of the molecule is O=C(O)COc1cccnc1Cc1ncc[nH]1. The van der Waals surface area contributed by atoms with Gasteiger partial charge in [-0.2, -0.15) is 0 Å². The number of nitrogens with zero attached hydrogens (tertiary/aromatic N) is 2. The van der Waals surface area contributed by atoms with Gasteiger partial charge in [-0.25, -0.2) is 9.78 Å². The summed E-state index contributed by atoms with van der Waals surface area (Å²) in [5.41, 5.74) is 0.656. The quantitative estimate of drug-likeness (QED) is 0.799. The van der Waals surface area contributed by atoms with Crippen LogP contribution in [-0.4, -0.2) is 32.6 Å². The third kappa shape index (κ3) is 3.04. The fourth-order valence-electron chi connectivity index (χ4n) is 1.38. The lowest BCUT2D eigenvalue weighted by atomic mass is 10.2. The highest BCUT2D eigenvalue weighted by atomic mass is 16.5. The van der Waals surface area contributed by atoms with E-state index in [0.717, 1.165) is 5.82 Å². The number of hydrogen-bond acceptors (Lipinski definition) is 4. The van der Waals surface area contributed by atoms with Crippen LogP contribution >= 0.6 is 0 Å². The minimum atomic E-state index is -1.02. The Bertz CT molecular complexity index is 496. The first-order valence-corrected chi connectivity index (χ1v) is 5.02. The average Bonchev–Trinajstić information content (AvgIpc) is 2.80. The zero-order valence-electron chi connectivity index (χ0n) is 8.96. The number of carbonyl (C=O) groups is 1. The second-order valence-electron chi connectivity index (χ2n) is 3.34. The normalized spacial score (nSPS) is 10.1. The molecule has 0 saturated carbocycles. The molecular formula is C11H11N3O3. The summed E-state index contributed by atoms with van der Waals surface area (Å²) in [7, 11) is 0. The molecule has 6 nitrogen and oxygen atoms in total. The van der Waals surface area contributed by atoms with Crippen molar-refractivity contribution in [2.24, 2.45) is 0 Å². The van der Waals surface area contributed by atoms with Crippen LogP contribution in [-0.2, 0) is 11.2 Å². The summed E-state index contributed by atoms with van der Waals surface area (Å²) in [5.74, 6) is 0.202. The molecule has 88 valence electrons. The number of carboxylic acids is 1. The molecule has 17 heavy (non-hydrogen) atoms. The van der Waals surface area contributed by atoms with Crippen molar-refractivity contribution in [1.29, 1.82) is 0 Å². The largest absolute Gasteiger partial charge is 0.480 e. The summed E-state index contributed by atoms with van der Waals surface area (Å²) in [6.07, 6.45) is 5.47. The topological polar surface area (TPSA) is 88.1 Å². The van der Waals surface area contributed by atoms with Gasteiger partial charge in [-0.1, -0.05) is 0 Å². The molecular weight excluding hydrogens is 222 g/mol. The Morgan fingerprint density at radius 3 is 3.00 bits per heavy atom. The van der Waals surface area contributed by atoms with Crippen molar-refractivity contribution in [3.8, 4) is 5.75 Å². The zero-order chi connectivity index (χ0) is 12.1. The number of aromatic nitrogens is 3. The third-order valence-electron chi connectivity index (χ3n) is 2.09. The van der Waals surface area contributed by atoms with Gasteiger partial charge in [-0.3, -0.25) is 4.98 Å². The number of imidazole rings is 1. The number of aromatic amines is 1. The maximum atomic E-state index is 10.4. The maximum absolute atomic E-state index is 10.4. The van der Waals surface area contributed by atoms with E-state index < -0.39 is 5.97 Å². The van der Waals surface area contributed by atoms with Crippen molar-refractivity contribution in [1.82, 2.24) is 15.0 Å². The van der Waals surface area contributed by atoms with Crippen molar-refractivity contribution in [3.05, 3.63) is 42.2 Å². The van der Waals surface area contributed by atoms with Gasteiger partial charge in [-0.15, -0.1) is 0 Å². The van der Waals surface area contributed by atoms with Crippen LogP contribution in [0.25, 0.3) is 0 Å². The molecule has 0 aliphatic rings. The predicted molar refractivity (Wildman–Crippen MR) is 58.8 cm³/mol. The van der Waals surface area contributed by atoms with E-state index in [-0.39, 0.29) is 6.61 Å². The van der Waals surface area contributed by atoms with E-state index in [2.05, 4.69) is 15.0 Å². The first-order valence-electron chi connectivity index (χ1n) is 5.02. The van der Waals surface area contributed by atoms with Gasteiger partial charge in [0, 0.05) is 18.6 Å². The number of rotatable bonds is 5. The molecule has 0 unspecified atom stereocenters. The summed E-state index contributed by atoms with van der Waals surface area (Å²) >= 11 is 0. The highest BCUT2D eigenvalue weighted by molar-refractivity contribution is 5.68. The van der Waals surface area contributed by atoms with Crippen LogP contribution in [0, 0.1) is 0 Å². The van der Waals surface area contributed by atoms with Crippen molar-refractivity contribution < 1.29 is 14.6 Å². The van der Waals surface area contributed by atoms with Crippen LogP contribution in [0.1, 0.15) is 11.5 Å². The van der Waals surface area contributed by atoms with Gasteiger partial charge in [0.25, 0.3) is 0 Å². The lowest BCUT2D eigenvalue weighted by molar-refractivity contribution is -0.139. The van der Waals surface area contributed by atoms with Crippen LogP contribution in [0.4, 0.5) is 0 Å². The molecule has 0 saturated heterocycles. The minimum absolute atomic E-state index is 0.378. The number of nitrogens with one attached hydrogen (secondary N) is 1. The van der Waals surface area contributed by atoms with E-state index in [4.69, 9.17) is 9.84 Å². The fourth-order valence-corrected chi connectivity index (χ4v) is 1.38. The number of ether oxygens (including phenoxy) is 1. The highest BCUT2D eigenvalue weighted by Gasteiger charge is 2.08. The number of pyridine rings is 1. The molecule has 2 aromatic heterocycles. The molecule has 2 heterocycles. The Morgan fingerprint density at radius 1 is 1.41 bits per heavy atom. The Hall–Kier alpha value is -2.37. The minimum Gasteiger partial charge on any atom is -0.480 e. The lowest BCUT2D eigenvalue weighted by Crippen LogP contribution is -2.11. The summed E-state index contributed by atoms with van der Waals surface area (Å²) in [6.45, 7) is -0.378. The van der Waals surface area contributed by atoms with E-state index in [9.17, 15) is 4.79 Å². The molecule has 0 atom stereocenters. The van der Waals surface area contributed by atoms with E-state index >= 15 is 0 Å². The van der Waals surface area contributed by atoms with Gasteiger partial charge >= 0.3 is 5.97 Å². The van der Waals surface area contributed by atoms with Crippen molar-refractivity contribution in [2.75, 3.05) is 6.61 Å². The van der Waals surface area contributed by atoms with E-state index in [0.29, 0.717) is 17.9 Å². The van der Waals surface area contributed by atoms with E-state index in [1.54, 1.807) is 30.7 Å². The Labute approximate surface area is 97.3 Å². The zero-order valence-corrected chi connectivity index (χ0v) is 8.96. The number of aliphatic carboxylic acids is 1. The Kier molecular flexibility index (Phi) is 3.34. The molecule has 0 spiro atoms. The molecule has 2 rings (SSSR count). The molecule has 2 N–H and O–H groups in total. The third-order valence-corrected chi connectivity index (χ3v) is 2.09. The molecule has 0 amide bonds. The van der Waals surface area contributed by atoms with E-state index in [1.807, 2.05) is 0 Å². The van der Waals surface area contributed by atoms with Crippen LogP contribution in [0.2, 0.25) is 0 Å². The molecule has 6 heteroatoms. The molecule has 0 aliphatic heterocycles. The molecule has 0 aliphatic carbocycles. The lowest BCUT2D eigenvalue weighted by Gasteiger charge is -2.07. The van der Waals surface area contributed by atoms with Crippen molar-refractivity contribution in [3.63, 3.8) is 0 Å². The van der Waals surface area contributed by atoms with Gasteiger partial charge in [0.2, 0.25) is 0 Å². The second-order valence-corrected chi connectivity index (χ2v) is 3.34. The fraction of sp³-hybridized carbons (Fsp3) is 0.182. The summed E-state index contributed by atoms with van der Waals surface area (Å²) in [5, 5.41) is 8.56. The Balaban J connectivity index is 2.13. The highest BCUT2D eigenvalue weighted by Crippen LogP contribution is 2.17. The second kappa shape index (κ2) is 5.11. The summed E-state index contributed by atoms with van der Waals surface area (Å²) in [4.78, 5) is 21.6. The maximum Gasteiger partial charge on any atom is 0.341 e. The van der Waals surface area contributed by atoms with Crippen molar-refractivity contribution >= 4 is 5.97 Å². The number of H-pyrrole nitrogens is 1. The molecule has 0 bridgehead atoms. The summed E-state index contributed by atoms with van der Waals surface area (Å²) in [6, 6.07) is 3.39. The van der Waals surface area contributed by atoms with Gasteiger partial charge in [-0.05, 0) is 12.1 Å². The number of carboxylic acid groups (broad SMARTS) is 1. The first-order chi connectivity index (χ1) is 8.25. The Morgan fingerprint density at radius 2 is 2.29 bits per heavy atom. The smallest absolute Gasteiger partial charge is 0.341 e. The first kappa shape index (κ1) is 11.1. The molecule has 0 radical (unpaired) electrons. The predicted octanol–water partition coefficient (Wildman–Crippen LogP) is 0.859. The average molecular weight is 233 g/mol. The van der Waals surface area contributed by atoms with Crippen molar-refractivity contribution in [2.45, 2.75) is 6.42 Å². The van der Waals surface area contributed by atoms with Gasteiger partial charge in [0.1, 0.15) is 11.6 Å². The standard InChI is InChI=1S/C11H11N3O3/c15-11(16)7-17-9-2-1-3-12-8(9)6-10-13-4-5-14-10/h1-5H,6-7H2,(H,13,14)(H,15,16). The van der Waals surface area contributed by atoms with Crippen LogP contribution in [0.3, 0.4) is 0 Å². The summed E-state index contributed by atoms with van der Waals surface area (Å²) < 4.78 is 5.14. The van der Waals surface area contributed by atoms with Gasteiger partial charge in [0.05, 0.1) is 12.1 Å². The molecule has 0 aromatic carbocycles. The van der Waals surface area contributed by atoms with Crippen LogP contribution in [0.5, 0.6) is 5.75 Å². The molecule has 2 aromatic rings. The van der Waals surface area contributed by atoms with Gasteiger partial charge in [0.15, 0.2) is 6.61 Å². The molecule has 0 fully saturated rings. The van der Waals surface area contributed by atoms with Crippen LogP contribution < -0.4 is 4.74 Å². The van der Waals surface area contributed by atoms with Crippen LogP contribution in [0.15, 0.2) is 30.7 Å². The number of hydrogen-bond donors (Lipinski definition) is 2. The van der Waals surface area contributed by atoms with Gasteiger partial charge < -0.3 is 14.8 Å². The van der Waals surface area contributed by atoms with E-state index in [1.165, 1.54) is 0 Å². The monoisotopic (exact) mass is 233 g/mol.